The van der Waals surface area contributed by atoms with E-state index in [1.165, 1.54) is 66.5 Å². The molecule has 3 aromatic rings. The largest absolute Gasteiger partial charge is 0.492 e. The molecule has 0 aliphatic rings. The molecule has 0 atom stereocenters. The first kappa shape index (κ1) is 22.1. The summed E-state index contributed by atoms with van der Waals surface area (Å²) in [6.45, 7) is 0.765. The molecule has 0 unspecified atom stereocenters. The Morgan fingerprint density at radius 3 is 1.67 bits per heavy atom. The normalized spacial score (nSPS) is 11.2. The molecule has 0 aromatic heterocycles. The van der Waals surface area contributed by atoms with Crippen LogP contribution in [0.3, 0.4) is 0 Å². The number of hydrogen-bond donors (Lipinski definition) is 1. The van der Waals surface area contributed by atoms with E-state index in [-0.39, 0.29) is 0 Å². The summed E-state index contributed by atoms with van der Waals surface area (Å²) < 4.78 is 6.29. The minimum absolute atomic E-state index is 0.316. The van der Waals surface area contributed by atoms with E-state index < -0.39 is 5.97 Å². The molecule has 0 saturated heterocycles. The standard InChI is InChI=1S/C27H34O3/c28-26(29)19-9-7-5-3-1-2-4-6-8-14-20-30-27-24-17-12-10-15-22(24)21-23-16-11-13-18-25(23)27/h10-13,15-18,21H,1-9,14,19-20H2,(H,28,29). The van der Waals surface area contributed by atoms with Crippen LogP contribution < -0.4 is 4.74 Å². The number of fused-ring (bicyclic) bond motifs is 2. The summed E-state index contributed by atoms with van der Waals surface area (Å²) in [5, 5.41) is 13.5. The van der Waals surface area contributed by atoms with E-state index in [4.69, 9.17) is 9.84 Å². The summed E-state index contributed by atoms with van der Waals surface area (Å²) in [4.78, 5) is 10.5. The van der Waals surface area contributed by atoms with Crippen LogP contribution in [0.2, 0.25) is 0 Å². The van der Waals surface area contributed by atoms with Gasteiger partial charge in [0.1, 0.15) is 5.75 Å². The summed E-state index contributed by atoms with van der Waals surface area (Å²) in [7, 11) is 0. The first-order chi connectivity index (χ1) is 14.8. The minimum Gasteiger partial charge on any atom is -0.492 e. The number of carboxylic acid groups (broad SMARTS) is 1. The number of aliphatic carboxylic acids is 1. The maximum atomic E-state index is 10.5. The second kappa shape index (κ2) is 12.2. The molecule has 30 heavy (non-hydrogen) atoms. The van der Waals surface area contributed by atoms with Crippen LogP contribution in [0.4, 0.5) is 0 Å². The fourth-order valence-electron chi connectivity index (χ4n) is 4.09. The lowest BCUT2D eigenvalue weighted by Gasteiger charge is -2.13. The molecule has 160 valence electrons. The summed E-state index contributed by atoms with van der Waals surface area (Å²) in [5.74, 6) is 0.346. The Hall–Kier alpha value is -2.55. The summed E-state index contributed by atoms with van der Waals surface area (Å²) in [6.07, 6.45) is 12.0. The van der Waals surface area contributed by atoms with Gasteiger partial charge in [-0.3, -0.25) is 4.79 Å². The molecule has 3 nitrogen and oxygen atoms in total. The SMILES string of the molecule is O=C(O)CCCCCCCCCCCCOc1c2ccccc2cc2ccccc12. The Kier molecular flexibility index (Phi) is 9.02. The van der Waals surface area contributed by atoms with Gasteiger partial charge in [-0.25, -0.2) is 0 Å². The number of carboxylic acids is 1. The highest BCUT2D eigenvalue weighted by molar-refractivity contribution is 6.05. The van der Waals surface area contributed by atoms with Gasteiger partial charge in [0, 0.05) is 17.2 Å². The maximum Gasteiger partial charge on any atom is 0.303 e. The van der Waals surface area contributed by atoms with Crippen molar-refractivity contribution in [2.45, 2.75) is 70.6 Å². The van der Waals surface area contributed by atoms with Crippen molar-refractivity contribution in [1.29, 1.82) is 0 Å². The Bertz CT molecular complexity index is 878. The van der Waals surface area contributed by atoms with Crippen LogP contribution in [-0.4, -0.2) is 17.7 Å². The van der Waals surface area contributed by atoms with Crippen molar-refractivity contribution < 1.29 is 14.6 Å². The molecule has 0 aliphatic carbocycles. The van der Waals surface area contributed by atoms with Crippen LogP contribution in [0.1, 0.15) is 70.6 Å². The molecule has 3 rings (SSSR count). The third-order valence-electron chi connectivity index (χ3n) is 5.75. The van der Waals surface area contributed by atoms with Crippen molar-refractivity contribution in [3.05, 3.63) is 54.6 Å². The van der Waals surface area contributed by atoms with E-state index in [9.17, 15) is 4.79 Å². The van der Waals surface area contributed by atoms with Crippen LogP contribution in [-0.2, 0) is 4.79 Å². The van der Waals surface area contributed by atoms with Gasteiger partial charge in [-0.1, -0.05) is 99.9 Å². The van der Waals surface area contributed by atoms with E-state index in [0.29, 0.717) is 6.42 Å². The molecule has 0 spiro atoms. The zero-order chi connectivity index (χ0) is 21.0. The van der Waals surface area contributed by atoms with Gasteiger partial charge in [0.2, 0.25) is 0 Å². The molecule has 0 bridgehead atoms. The molecular formula is C27H34O3. The van der Waals surface area contributed by atoms with E-state index in [0.717, 1.165) is 31.6 Å². The first-order valence-corrected chi connectivity index (χ1v) is 11.5. The van der Waals surface area contributed by atoms with Gasteiger partial charge < -0.3 is 9.84 Å². The molecular weight excluding hydrogens is 372 g/mol. The van der Waals surface area contributed by atoms with Gasteiger partial charge in [0.15, 0.2) is 0 Å². The van der Waals surface area contributed by atoms with Crippen molar-refractivity contribution in [3.63, 3.8) is 0 Å². The van der Waals surface area contributed by atoms with Gasteiger partial charge in [0.25, 0.3) is 0 Å². The van der Waals surface area contributed by atoms with E-state index in [1.807, 2.05) is 0 Å². The zero-order valence-corrected chi connectivity index (χ0v) is 17.9. The Morgan fingerprint density at radius 2 is 1.13 bits per heavy atom. The van der Waals surface area contributed by atoms with Gasteiger partial charge in [0.05, 0.1) is 6.61 Å². The highest BCUT2D eigenvalue weighted by Crippen LogP contribution is 2.34. The van der Waals surface area contributed by atoms with Gasteiger partial charge in [-0.15, -0.1) is 0 Å². The predicted octanol–water partition coefficient (Wildman–Crippen LogP) is 7.75. The van der Waals surface area contributed by atoms with Gasteiger partial charge in [-0.2, -0.15) is 0 Å². The van der Waals surface area contributed by atoms with Crippen molar-refractivity contribution in [2.75, 3.05) is 6.61 Å². The summed E-state index contributed by atoms with van der Waals surface area (Å²) >= 11 is 0. The van der Waals surface area contributed by atoms with E-state index >= 15 is 0 Å². The number of benzene rings is 3. The fraction of sp³-hybridized carbons (Fsp3) is 0.444. The molecule has 0 aliphatic heterocycles. The Balaban J connectivity index is 1.33. The van der Waals surface area contributed by atoms with Crippen LogP contribution >= 0.6 is 0 Å². The maximum absolute atomic E-state index is 10.5. The first-order valence-electron chi connectivity index (χ1n) is 11.5. The third kappa shape index (κ3) is 6.76. The molecule has 0 fully saturated rings. The molecule has 3 aromatic carbocycles. The monoisotopic (exact) mass is 406 g/mol. The van der Waals surface area contributed by atoms with Gasteiger partial charge in [-0.05, 0) is 29.7 Å². The molecule has 3 heteroatoms. The zero-order valence-electron chi connectivity index (χ0n) is 17.9. The van der Waals surface area contributed by atoms with Crippen LogP contribution in [0.15, 0.2) is 54.6 Å². The Morgan fingerprint density at radius 1 is 0.667 bits per heavy atom. The molecule has 0 amide bonds. The highest BCUT2D eigenvalue weighted by Gasteiger charge is 2.08. The van der Waals surface area contributed by atoms with Crippen LogP contribution in [0, 0.1) is 0 Å². The molecule has 0 radical (unpaired) electrons. The van der Waals surface area contributed by atoms with Crippen LogP contribution in [0.25, 0.3) is 21.5 Å². The van der Waals surface area contributed by atoms with E-state index in [1.54, 1.807) is 0 Å². The smallest absolute Gasteiger partial charge is 0.303 e. The summed E-state index contributed by atoms with van der Waals surface area (Å²) in [6, 6.07) is 19.2. The fourth-order valence-corrected chi connectivity index (χ4v) is 4.09. The van der Waals surface area contributed by atoms with Crippen LogP contribution in [0.5, 0.6) is 5.75 Å². The second-order valence-corrected chi connectivity index (χ2v) is 8.18. The lowest BCUT2D eigenvalue weighted by molar-refractivity contribution is -0.137. The predicted molar refractivity (Wildman–Crippen MR) is 125 cm³/mol. The van der Waals surface area contributed by atoms with E-state index in [2.05, 4.69) is 54.6 Å². The van der Waals surface area contributed by atoms with Crippen molar-refractivity contribution in [3.8, 4) is 5.75 Å². The average Bonchev–Trinajstić information content (AvgIpc) is 2.76. The quantitative estimate of drug-likeness (QED) is 0.220. The second-order valence-electron chi connectivity index (χ2n) is 8.18. The molecule has 0 heterocycles. The average molecular weight is 407 g/mol. The highest BCUT2D eigenvalue weighted by atomic mass is 16.5. The minimum atomic E-state index is -0.674. The number of unbranched alkanes of at least 4 members (excludes halogenated alkanes) is 9. The number of ether oxygens (including phenoxy) is 1. The topological polar surface area (TPSA) is 46.5 Å². The summed E-state index contributed by atoms with van der Waals surface area (Å²) in [5.41, 5.74) is 0. The van der Waals surface area contributed by atoms with Gasteiger partial charge >= 0.3 is 5.97 Å². The third-order valence-corrected chi connectivity index (χ3v) is 5.75. The van der Waals surface area contributed by atoms with Crippen molar-refractivity contribution >= 4 is 27.5 Å². The lowest BCUT2D eigenvalue weighted by Crippen LogP contribution is -1.99. The van der Waals surface area contributed by atoms with Crippen molar-refractivity contribution in [2.24, 2.45) is 0 Å². The molecule has 0 saturated carbocycles. The lowest BCUT2D eigenvalue weighted by atomic mass is 10.0. The number of carbonyl (C=O) groups is 1. The number of rotatable bonds is 14. The van der Waals surface area contributed by atoms with Crippen molar-refractivity contribution in [1.82, 2.24) is 0 Å². The molecule has 1 N–H and O–H groups in total. The Labute approximate surface area is 180 Å². The number of hydrogen-bond acceptors (Lipinski definition) is 2.